The van der Waals surface area contributed by atoms with Crippen molar-refractivity contribution in [3.05, 3.63) is 59.2 Å². The fourth-order valence-electron chi connectivity index (χ4n) is 3.41. The summed E-state index contributed by atoms with van der Waals surface area (Å²) in [5.74, 6) is -1.90. The zero-order valence-corrected chi connectivity index (χ0v) is 18.1. The molecule has 8 heteroatoms. The van der Waals surface area contributed by atoms with Gasteiger partial charge in [0.2, 0.25) is 0 Å². The zero-order valence-electron chi connectivity index (χ0n) is 18.1. The van der Waals surface area contributed by atoms with Gasteiger partial charge in [-0.25, -0.2) is 18.4 Å². The van der Waals surface area contributed by atoms with Crippen molar-refractivity contribution in [3.63, 3.8) is 0 Å². The average Bonchev–Trinajstić information content (AvgIpc) is 2.67. The molecule has 1 aliphatic rings. The minimum absolute atomic E-state index is 0.396. The fourth-order valence-corrected chi connectivity index (χ4v) is 3.41. The summed E-state index contributed by atoms with van der Waals surface area (Å²) in [6.45, 7) is 7.72. The summed E-state index contributed by atoms with van der Waals surface area (Å²) < 4.78 is 32.0. The SMILES string of the molecule is CC(NC(=O)Nc1ccc2c(c1)CCCN2C(=O)OC(C)(C)C)c1ccc(F)c(F)c1. The van der Waals surface area contributed by atoms with Gasteiger partial charge in [-0.05, 0) is 82.0 Å². The lowest BCUT2D eigenvalue weighted by Crippen LogP contribution is -2.39. The van der Waals surface area contributed by atoms with Crippen molar-refractivity contribution in [1.82, 2.24) is 5.32 Å². The Hall–Kier alpha value is -3.16. The number of halogens is 2. The van der Waals surface area contributed by atoms with Crippen LogP contribution >= 0.6 is 0 Å². The van der Waals surface area contributed by atoms with E-state index in [-0.39, 0.29) is 0 Å². The van der Waals surface area contributed by atoms with Crippen LogP contribution in [0.3, 0.4) is 0 Å². The van der Waals surface area contributed by atoms with E-state index < -0.39 is 35.4 Å². The van der Waals surface area contributed by atoms with E-state index in [4.69, 9.17) is 4.74 Å². The molecule has 1 aliphatic heterocycles. The van der Waals surface area contributed by atoms with Gasteiger partial charge in [0.25, 0.3) is 0 Å². The summed E-state index contributed by atoms with van der Waals surface area (Å²) in [4.78, 5) is 26.5. The number of benzene rings is 2. The highest BCUT2D eigenvalue weighted by molar-refractivity contribution is 5.92. The highest BCUT2D eigenvalue weighted by Gasteiger charge is 2.27. The Morgan fingerprint density at radius 3 is 2.52 bits per heavy atom. The molecule has 31 heavy (non-hydrogen) atoms. The Morgan fingerprint density at radius 2 is 1.84 bits per heavy atom. The summed E-state index contributed by atoms with van der Waals surface area (Å²) in [5.41, 5.74) is 2.13. The molecule has 3 amide bonds. The van der Waals surface area contributed by atoms with E-state index in [9.17, 15) is 18.4 Å². The third-order valence-corrected chi connectivity index (χ3v) is 4.86. The van der Waals surface area contributed by atoms with Crippen LogP contribution in [0, 0.1) is 11.6 Å². The number of carbonyl (C=O) groups is 2. The van der Waals surface area contributed by atoms with Crippen LogP contribution in [-0.4, -0.2) is 24.3 Å². The van der Waals surface area contributed by atoms with E-state index in [1.54, 1.807) is 24.0 Å². The van der Waals surface area contributed by atoms with Crippen LogP contribution in [-0.2, 0) is 11.2 Å². The van der Waals surface area contributed by atoms with E-state index in [0.29, 0.717) is 17.8 Å². The number of ether oxygens (including phenoxy) is 1. The summed E-state index contributed by atoms with van der Waals surface area (Å²) in [7, 11) is 0. The minimum Gasteiger partial charge on any atom is -0.443 e. The highest BCUT2D eigenvalue weighted by atomic mass is 19.2. The quantitative estimate of drug-likeness (QED) is 0.671. The second kappa shape index (κ2) is 8.91. The number of hydrogen-bond donors (Lipinski definition) is 2. The maximum absolute atomic E-state index is 13.4. The van der Waals surface area contributed by atoms with Crippen LogP contribution < -0.4 is 15.5 Å². The molecular weight excluding hydrogens is 404 g/mol. The Balaban J connectivity index is 1.67. The normalized spacial score (nSPS) is 14.5. The van der Waals surface area contributed by atoms with Gasteiger partial charge >= 0.3 is 12.1 Å². The number of nitrogens with zero attached hydrogens (tertiary/aromatic N) is 1. The number of carbonyl (C=O) groups excluding carboxylic acids is 2. The molecule has 0 saturated carbocycles. The third-order valence-electron chi connectivity index (χ3n) is 4.86. The summed E-state index contributed by atoms with van der Waals surface area (Å²) >= 11 is 0. The molecule has 0 saturated heterocycles. The van der Waals surface area contributed by atoms with Crippen LogP contribution in [0.15, 0.2) is 36.4 Å². The number of aryl methyl sites for hydroxylation is 1. The van der Waals surface area contributed by atoms with Gasteiger partial charge in [0.05, 0.1) is 11.7 Å². The lowest BCUT2D eigenvalue weighted by atomic mass is 10.0. The standard InChI is InChI=1S/C23H27F2N3O3/c1-14(15-7-9-18(24)19(25)13-15)26-21(29)27-17-8-10-20-16(12-17)6-5-11-28(20)22(30)31-23(2,3)4/h7-10,12-14H,5-6,11H2,1-4H3,(H2,26,27,29). The number of anilines is 2. The molecule has 2 aromatic carbocycles. The summed E-state index contributed by atoms with van der Waals surface area (Å²) in [6, 6.07) is 7.84. The predicted octanol–water partition coefficient (Wildman–Crippen LogP) is 5.54. The van der Waals surface area contributed by atoms with Crippen LogP contribution in [0.1, 0.15) is 51.3 Å². The van der Waals surface area contributed by atoms with Gasteiger partial charge in [0, 0.05) is 12.2 Å². The molecule has 2 N–H and O–H groups in total. The first-order valence-corrected chi connectivity index (χ1v) is 10.2. The molecule has 1 unspecified atom stereocenters. The topological polar surface area (TPSA) is 70.7 Å². The molecule has 0 radical (unpaired) electrons. The lowest BCUT2D eigenvalue weighted by molar-refractivity contribution is 0.0578. The van der Waals surface area contributed by atoms with Crippen molar-refractivity contribution in [2.45, 2.75) is 52.2 Å². The molecule has 1 atom stereocenters. The molecule has 0 spiro atoms. The van der Waals surface area contributed by atoms with Gasteiger partial charge in [0.1, 0.15) is 5.60 Å². The van der Waals surface area contributed by atoms with Crippen LogP contribution in [0.2, 0.25) is 0 Å². The van der Waals surface area contributed by atoms with Crippen LogP contribution in [0.4, 0.5) is 29.7 Å². The lowest BCUT2D eigenvalue weighted by Gasteiger charge is -2.32. The van der Waals surface area contributed by atoms with Crippen LogP contribution in [0.5, 0.6) is 0 Å². The first-order valence-electron chi connectivity index (χ1n) is 10.2. The average molecular weight is 431 g/mol. The summed E-state index contributed by atoms with van der Waals surface area (Å²) in [6.07, 6.45) is 1.17. The third kappa shape index (κ3) is 5.71. The molecule has 6 nitrogen and oxygen atoms in total. The monoisotopic (exact) mass is 431 g/mol. The van der Waals surface area contributed by atoms with Gasteiger partial charge < -0.3 is 15.4 Å². The molecule has 0 fully saturated rings. The Morgan fingerprint density at radius 1 is 1.10 bits per heavy atom. The second-order valence-electron chi connectivity index (χ2n) is 8.57. The predicted molar refractivity (Wildman–Crippen MR) is 115 cm³/mol. The van der Waals surface area contributed by atoms with Crippen molar-refractivity contribution >= 4 is 23.5 Å². The van der Waals surface area contributed by atoms with Crippen molar-refractivity contribution in [2.24, 2.45) is 0 Å². The molecule has 0 aromatic heterocycles. The van der Waals surface area contributed by atoms with Crippen molar-refractivity contribution < 1.29 is 23.1 Å². The molecule has 0 aliphatic carbocycles. The Kier molecular flexibility index (Phi) is 6.48. The number of amides is 3. The minimum atomic E-state index is -0.962. The number of rotatable bonds is 3. The number of fused-ring (bicyclic) bond motifs is 1. The fraction of sp³-hybridized carbons (Fsp3) is 0.391. The van der Waals surface area contributed by atoms with Crippen LogP contribution in [0.25, 0.3) is 0 Å². The molecule has 3 rings (SSSR count). The van der Waals surface area contributed by atoms with Gasteiger partial charge in [-0.1, -0.05) is 6.07 Å². The van der Waals surface area contributed by atoms with E-state index >= 15 is 0 Å². The largest absolute Gasteiger partial charge is 0.443 e. The second-order valence-corrected chi connectivity index (χ2v) is 8.57. The number of hydrogen-bond acceptors (Lipinski definition) is 3. The molecule has 2 aromatic rings. The Bertz CT molecular complexity index is 989. The van der Waals surface area contributed by atoms with E-state index in [1.165, 1.54) is 6.07 Å². The zero-order chi connectivity index (χ0) is 22.8. The molecular formula is C23H27F2N3O3. The van der Waals surface area contributed by atoms with Crippen molar-refractivity contribution in [2.75, 3.05) is 16.8 Å². The van der Waals surface area contributed by atoms with E-state index in [1.807, 2.05) is 26.8 Å². The van der Waals surface area contributed by atoms with Gasteiger partial charge in [-0.15, -0.1) is 0 Å². The first-order chi connectivity index (χ1) is 14.5. The smallest absolute Gasteiger partial charge is 0.414 e. The maximum Gasteiger partial charge on any atom is 0.414 e. The first kappa shape index (κ1) is 22.5. The van der Waals surface area contributed by atoms with Gasteiger partial charge in [0.15, 0.2) is 11.6 Å². The number of nitrogens with one attached hydrogen (secondary N) is 2. The molecule has 1 heterocycles. The van der Waals surface area contributed by atoms with Gasteiger partial charge in [-0.3, -0.25) is 4.90 Å². The Labute approximate surface area is 180 Å². The maximum atomic E-state index is 13.4. The van der Waals surface area contributed by atoms with Crippen molar-refractivity contribution in [1.29, 1.82) is 0 Å². The molecule has 0 bridgehead atoms. The summed E-state index contributed by atoms with van der Waals surface area (Å²) in [5, 5.41) is 5.45. The van der Waals surface area contributed by atoms with E-state index in [2.05, 4.69) is 10.6 Å². The molecule has 166 valence electrons. The van der Waals surface area contributed by atoms with E-state index in [0.717, 1.165) is 36.2 Å². The van der Waals surface area contributed by atoms with Gasteiger partial charge in [-0.2, -0.15) is 0 Å². The highest BCUT2D eigenvalue weighted by Crippen LogP contribution is 2.31. The number of urea groups is 1. The van der Waals surface area contributed by atoms with Crippen molar-refractivity contribution in [3.8, 4) is 0 Å².